The van der Waals surface area contributed by atoms with Crippen LogP contribution in [0.3, 0.4) is 0 Å². The van der Waals surface area contributed by atoms with Gasteiger partial charge in [0.2, 0.25) is 0 Å². The number of ether oxygens (including phenoxy) is 2. The van der Waals surface area contributed by atoms with Crippen LogP contribution in [0.5, 0.6) is 11.5 Å². The van der Waals surface area contributed by atoms with E-state index in [0.717, 1.165) is 34.9 Å². The summed E-state index contributed by atoms with van der Waals surface area (Å²) in [6.07, 6.45) is 2.63. The molecule has 1 aliphatic rings. The summed E-state index contributed by atoms with van der Waals surface area (Å²) in [4.78, 5) is 4.30. The molecule has 1 aromatic heterocycles. The second-order valence-electron chi connectivity index (χ2n) is 5.06. The van der Waals surface area contributed by atoms with E-state index >= 15 is 0 Å². The van der Waals surface area contributed by atoms with Crippen molar-refractivity contribution >= 4 is 11.6 Å². The molecule has 2 heterocycles. The highest BCUT2D eigenvalue weighted by molar-refractivity contribution is 5.92. The molecule has 0 aliphatic carbocycles. The molecule has 1 aliphatic heterocycles. The summed E-state index contributed by atoms with van der Waals surface area (Å²) < 4.78 is 11.2. The maximum Gasteiger partial charge on any atom is 0.193 e. The Bertz CT molecular complexity index is 680. The van der Waals surface area contributed by atoms with E-state index < -0.39 is 0 Å². The van der Waals surface area contributed by atoms with Crippen LogP contribution in [0.4, 0.5) is 5.69 Å². The van der Waals surface area contributed by atoms with Crippen molar-refractivity contribution in [3.8, 4) is 11.5 Å². The Morgan fingerprint density at radius 2 is 2.18 bits per heavy atom. The number of H-pyrrole nitrogens is 1. The minimum Gasteiger partial charge on any atom is -0.490 e. The predicted octanol–water partition coefficient (Wildman–Crippen LogP) is 1.81. The number of hydrogen-bond donors (Lipinski definition) is 3. The lowest BCUT2D eigenvalue weighted by Gasteiger charge is -2.10. The summed E-state index contributed by atoms with van der Waals surface area (Å²) in [5.41, 5.74) is 8.74. The van der Waals surface area contributed by atoms with Gasteiger partial charge in [-0.1, -0.05) is 0 Å². The average Bonchev–Trinajstić information content (AvgIpc) is 2.78. The molecule has 7 heteroatoms. The molecule has 0 fully saturated rings. The molecule has 0 saturated heterocycles. The first-order valence-corrected chi connectivity index (χ1v) is 7.18. The summed E-state index contributed by atoms with van der Waals surface area (Å²) in [6.45, 7) is 3.75. The summed E-state index contributed by atoms with van der Waals surface area (Å²) in [5.74, 6) is 1.82. The third-order valence-electron chi connectivity index (χ3n) is 3.37. The Morgan fingerprint density at radius 3 is 2.95 bits per heavy atom. The fourth-order valence-corrected chi connectivity index (χ4v) is 2.13. The smallest absolute Gasteiger partial charge is 0.193 e. The molecule has 0 saturated carbocycles. The summed E-state index contributed by atoms with van der Waals surface area (Å²) in [5, 5.41) is 9.88. The highest BCUT2D eigenvalue weighted by Gasteiger charge is 2.10. The van der Waals surface area contributed by atoms with Crippen LogP contribution in [0.2, 0.25) is 0 Å². The van der Waals surface area contributed by atoms with Gasteiger partial charge in [0.05, 0.1) is 26.0 Å². The molecule has 0 radical (unpaired) electrons. The minimum atomic E-state index is 0.343. The maximum atomic E-state index is 5.92. The third-order valence-corrected chi connectivity index (χ3v) is 3.37. The van der Waals surface area contributed by atoms with E-state index in [4.69, 9.17) is 15.2 Å². The largest absolute Gasteiger partial charge is 0.490 e. The number of aromatic amines is 1. The highest BCUT2D eigenvalue weighted by Crippen LogP contribution is 2.32. The number of benzene rings is 1. The Balaban J connectivity index is 1.67. The number of fused-ring (bicyclic) bond motifs is 1. The molecule has 0 unspecified atom stereocenters. The van der Waals surface area contributed by atoms with Crippen LogP contribution in [0.15, 0.2) is 29.4 Å². The molecule has 4 N–H and O–H groups in total. The Kier molecular flexibility index (Phi) is 4.13. The molecule has 7 nitrogen and oxygen atoms in total. The average molecular weight is 301 g/mol. The van der Waals surface area contributed by atoms with Crippen LogP contribution in [0.1, 0.15) is 17.7 Å². The van der Waals surface area contributed by atoms with Crippen LogP contribution in [-0.2, 0) is 6.54 Å². The number of aryl methyl sites for hydroxylation is 1. The number of rotatable bonds is 3. The van der Waals surface area contributed by atoms with E-state index in [-0.39, 0.29) is 0 Å². The van der Waals surface area contributed by atoms with Gasteiger partial charge in [-0.3, -0.25) is 5.10 Å². The van der Waals surface area contributed by atoms with Crippen LogP contribution in [0.25, 0.3) is 0 Å². The van der Waals surface area contributed by atoms with Gasteiger partial charge in [0.1, 0.15) is 0 Å². The van der Waals surface area contributed by atoms with Gasteiger partial charge in [-0.25, -0.2) is 4.99 Å². The molecule has 0 amide bonds. The number of nitrogens with one attached hydrogen (secondary N) is 2. The van der Waals surface area contributed by atoms with Crippen LogP contribution < -0.4 is 20.5 Å². The zero-order valence-electron chi connectivity index (χ0n) is 12.4. The minimum absolute atomic E-state index is 0.343. The van der Waals surface area contributed by atoms with Crippen molar-refractivity contribution in [2.75, 3.05) is 18.5 Å². The Hall–Kier alpha value is -2.70. The van der Waals surface area contributed by atoms with Gasteiger partial charge in [-0.05, 0) is 19.1 Å². The van der Waals surface area contributed by atoms with Gasteiger partial charge in [-0.2, -0.15) is 5.10 Å². The molecule has 2 aromatic rings. The standard InChI is InChI=1S/C15H19N5O2/c1-10-11(9-18-20-10)8-17-15(16)19-12-3-4-13-14(7-12)22-6-2-5-21-13/h3-4,7,9H,2,5-6,8H2,1H3,(H,18,20)(H3,16,17,19). The molecule has 0 bridgehead atoms. The SMILES string of the molecule is Cc1[nH]ncc1CN=C(N)Nc1ccc2c(c1)OCCCO2. The van der Waals surface area contributed by atoms with E-state index in [2.05, 4.69) is 20.5 Å². The number of anilines is 1. The first-order chi connectivity index (χ1) is 10.7. The van der Waals surface area contributed by atoms with Crippen LogP contribution in [-0.4, -0.2) is 29.4 Å². The maximum absolute atomic E-state index is 5.92. The van der Waals surface area contributed by atoms with Crippen molar-refractivity contribution in [1.29, 1.82) is 0 Å². The highest BCUT2D eigenvalue weighted by atomic mass is 16.5. The zero-order chi connectivity index (χ0) is 15.4. The van der Waals surface area contributed by atoms with Crippen molar-refractivity contribution < 1.29 is 9.47 Å². The lowest BCUT2D eigenvalue weighted by molar-refractivity contribution is 0.297. The number of guanidine groups is 1. The molecule has 0 spiro atoms. The summed E-state index contributed by atoms with van der Waals surface area (Å²) in [6, 6.07) is 5.63. The molecular formula is C15H19N5O2. The van der Waals surface area contributed by atoms with Crippen molar-refractivity contribution in [3.63, 3.8) is 0 Å². The number of nitrogens with two attached hydrogens (primary N) is 1. The molecule has 3 rings (SSSR count). The van der Waals surface area contributed by atoms with E-state index in [1.54, 1.807) is 6.20 Å². The normalized spacial score (nSPS) is 14.5. The van der Waals surface area contributed by atoms with Gasteiger partial charge in [0.15, 0.2) is 17.5 Å². The molecule has 116 valence electrons. The van der Waals surface area contributed by atoms with Gasteiger partial charge in [-0.15, -0.1) is 0 Å². The molecule has 22 heavy (non-hydrogen) atoms. The number of aliphatic imine (C=N–C) groups is 1. The van der Waals surface area contributed by atoms with Gasteiger partial charge < -0.3 is 20.5 Å². The number of nitrogens with zero attached hydrogens (tertiary/aromatic N) is 2. The van der Waals surface area contributed by atoms with E-state index in [9.17, 15) is 0 Å². The zero-order valence-corrected chi connectivity index (χ0v) is 12.4. The van der Waals surface area contributed by atoms with E-state index in [1.165, 1.54) is 0 Å². The van der Waals surface area contributed by atoms with Crippen LogP contribution in [0, 0.1) is 6.92 Å². The lowest BCUT2D eigenvalue weighted by Crippen LogP contribution is -2.22. The van der Waals surface area contributed by atoms with Crippen molar-refractivity contribution in [2.24, 2.45) is 10.7 Å². The predicted molar refractivity (Wildman–Crippen MR) is 84.3 cm³/mol. The fourth-order valence-electron chi connectivity index (χ4n) is 2.13. The topological polar surface area (TPSA) is 97.6 Å². The molecule has 0 atom stereocenters. The van der Waals surface area contributed by atoms with Gasteiger partial charge >= 0.3 is 0 Å². The summed E-state index contributed by atoms with van der Waals surface area (Å²) >= 11 is 0. The fraction of sp³-hybridized carbons (Fsp3) is 0.333. The number of aromatic nitrogens is 2. The van der Waals surface area contributed by atoms with E-state index in [0.29, 0.717) is 25.7 Å². The van der Waals surface area contributed by atoms with Crippen molar-refractivity contribution in [2.45, 2.75) is 19.9 Å². The quantitative estimate of drug-likeness (QED) is 0.593. The summed E-state index contributed by atoms with van der Waals surface area (Å²) in [7, 11) is 0. The Labute approximate surface area is 128 Å². The van der Waals surface area contributed by atoms with Crippen molar-refractivity contribution in [1.82, 2.24) is 10.2 Å². The van der Waals surface area contributed by atoms with Gasteiger partial charge in [0.25, 0.3) is 0 Å². The Morgan fingerprint density at radius 1 is 1.36 bits per heavy atom. The second-order valence-corrected chi connectivity index (χ2v) is 5.06. The number of hydrogen-bond acceptors (Lipinski definition) is 4. The second kappa shape index (κ2) is 6.38. The first kappa shape index (κ1) is 14.2. The monoisotopic (exact) mass is 301 g/mol. The lowest BCUT2D eigenvalue weighted by atomic mass is 10.2. The van der Waals surface area contributed by atoms with Gasteiger partial charge in [0, 0.05) is 29.4 Å². The van der Waals surface area contributed by atoms with E-state index in [1.807, 2.05) is 25.1 Å². The van der Waals surface area contributed by atoms with Crippen LogP contribution >= 0.6 is 0 Å². The molecular weight excluding hydrogens is 282 g/mol. The molecule has 1 aromatic carbocycles. The van der Waals surface area contributed by atoms with Crippen molar-refractivity contribution in [3.05, 3.63) is 35.7 Å². The first-order valence-electron chi connectivity index (χ1n) is 7.18. The third kappa shape index (κ3) is 3.30.